The highest BCUT2D eigenvalue weighted by atomic mass is 32.1. The monoisotopic (exact) mass is 386 g/mol. The molecule has 1 fully saturated rings. The number of likely N-dealkylation sites (tertiary alicyclic amines) is 1. The molecule has 0 aliphatic carbocycles. The summed E-state index contributed by atoms with van der Waals surface area (Å²) in [6.07, 6.45) is 5.76. The lowest BCUT2D eigenvalue weighted by Crippen LogP contribution is -2.35. The van der Waals surface area contributed by atoms with E-state index in [1.807, 2.05) is 18.2 Å². The molecule has 1 aliphatic heterocycles. The third-order valence-corrected chi connectivity index (χ3v) is 5.75. The molecular weight excluding hydrogens is 360 g/mol. The predicted octanol–water partition coefficient (Wildman–Crippen LogP) is 3.73. The van der Waals surface area contributed by atoms with Gasteiger partial charge in [-0.15, -0.1) is 11.3 Å². The van der Waals surface area contributed by atoms with Crippen LogP contribution in [0.1, 0.15) is 29.3 Å². The van der Waals surface area contributed by atoms with Gasteiger partial charge in [0.1, 0.15) is 11.5 Å². The molecule has 6 heteroatoms. The fourth-order valence-corrected chi connectivity index (χ4v) is 4.20. The van der Waals surface area contributed by atoms with Crippen molar-refractivity contribution in [1.29, 1.82) is 0 Å². The Kier molecular flexibility index (Phi) is 6.90. The molecule has 1 N–H and O–H groups in total. The van der Waals surface area contributed by atoms with Gasteiger partial charge in [0, 0.05) is 23.1 Å². The number of ether oxygens (including phenoxy) is 2. The Balaban J connectivity index is 1.63. The summed E-state index contributed by atoms with van der Waals surface area (Å²) in [7, 11) is 3.23. The first-order valence-electron chi connectivity index (χ1n) is 9.16. The van der Waals surface area contributed by atoms with E-state index in [2.05, 4.69) is 27.7 Å². The summed E-state index contributed by atoms with van der Waals surface area (Å²) >= 11 is 1.75. The zero-order chi connectivity index (χ0) is 19.1. The van der Waals surface area contributed by atoms with Gasteiger partial charge in [-0.05, 0) is 61.7 Å². The van der Waals surface area contributed by atoms with Gasteiger partial charge in [-0.2, -0.15) is 0 Å². The first-order chi connectivity index (χ1) is 13.2. The zero-order valence-electron chi connectivity index (χ0n) is 15.8. The smallest absolute Gasteiger partial charge is 0.244 e. The lowest BCUT2D eigenvalue weighted by molar-refractivity contribution is -0.116. The third-order valence-electron chi connectivity index (χ3n) is 4.77. The molecule has 0 radical (unpaired) electrons. The van der Waals surface area contributed by atoms with Gasteiger partial charge < -0.3 is 14.8 Å². The lowest BCUT2D eigenvalue weighted by atomic mass is 10.1. The number of hydrogen-bond donors (Lipinski definition) is 1. The Morgan fingerprint density at radius 2 is 2.07 bits per heavy atom. The summed E-state index contributed by atoms with van der Waals surface area (Å²) in [6.45, 7) is 2.80. The quantitative estimate of drug-likeness (QED) is 0.703. The lowest BCUT2D eigenvalue weighted by Gasteiger charge is -2.26. The van der Waals surface area contributed by atoms with Crippen LogP contribution in [0.3, 0.4) is 0 Å². The van der Waals surface area contributed by atoms with Gasteiger partial charge in [-0.1, -0.05) is 6.07 Å². The minimum atomic E-state index is -0.111. The average Bonchev–Trinajstić information content (AvgIpc) is 3.41. The van der Waals surface area contributed by atoms with Crippen molar-refractivity contribution in [3.05, 3.63) is 52.2 Å². The molecule has 1 amide bonds. The molecule has 0 saturated carbocycles. The maximum absolute atomic E-state index is 12.4. The van der Waals surface area contributed by atoms with E-state index in [9.17, 15) is 4.79 Å². The Hall–Kier alpha value is -2.31. The van der Waals surface area contributed by atoms with Crippen molar-refractivity contribution < 1.29 is 14.3 Å². The highest BCUT2D eigenvalue weighted by Gasteiger charge is 2.24. The summed E-state index contributed by atoms with van der Waals surface area (Å²) in [5.41, 5.74) is 0.807. The molecule has 1 atom stereocenters. The largest absolute Gasteiger partial charge is 0.497 e. The molecule has 27 heavy (non-hydrogen) atoms. The number of nitrogens with one attached hydrogen (secondary N) is 1. The van der Waals surface area contributed by atoms with Crippen LogP contribution in [0.15, 0.2) is 41.8 Å². The molecule has 1 aliphatic rings. The maximum Gasteiger partial charge on any atom is 0.244 e. The van der Waals surface area contributed by atoms with E-state index >= 15 is 0 Å². The first-order valence-corrected chi connectivity index (χ1v) is 10.0. The summed E-state index contributed by atoms with van der Waals surface area (Å²) in [5, 5.41) is 5.14. The van der Waals surface area contributed by atoms with E-state index in [1.165, 1.54) is 17.7 Å². The van der Waals surface area contributed by atoms with E-state index in [0.29, 0.717) is 12.3 Å². The van der Waals surface area contributed by atoms with Gasteiger partial charge in [0.25, 0.3) is 0 Å². The number of thiophene rings is 1. The van der Waals surface area contributed by atoms with Crippen molar-refractivity contribution in [3.63, 3.8) is 0 Å². The normalized spacial score (nSPS) is 15.8. The number of amides is 1. The number of hydrogen-bond acceptors (Lipinski definition) is 5. The summed E-state index contributed by atoms with van der Waals surface area (Å²) in [4.78, 5) is 16.1. The highest BCUT2D eigenvalue weighted by molar-refractivity contribution is 7.10. The van der Waals surface area contributed by atoms with Gasteiger partial charge in [0.05, 0.1) is 20.3 Å². The van der Waals surface area contributed by atoms with Crippen molar-refractivity contribution in [3.8, 4) is 11.5 Å². The number of benzene rings is 1. The Bertz CT molecular complexity index is 768. The molecule has 0 bridgehead atoms. The van der Waals surface area contributed by atoms with E-state index in [4.69, 9.17) is 9.47 Å². The number of methoxy groups -OCH3 is 2. The Labute approximate surface area is 164 Å². The second-order valence-electron chi connectivity index (χ2n) is 6.46. The van der Waals surface area contributed by atoms with Crippen LogP contribution in [0.5, 0.6) is 11.5 Å². The van der Waals surface area contributed by atoms with Crippen LogP contribution >= 0.6 is 11.3 Å². The molecular formula is C21H26N2O3S. The van der Waals surface area contributed by atoms with Crippen LogP contribution in [-0.2, 0) is 4.79 Å². The van der Waals surface area contributed by atoms with E-state index in [0.717, 1.165) is 24.4 Å². The molecule has 3 rings (SSSR count). The molecule has 0 spiro atoms. The van der Waals surface area contributed by atoms with Crippen LogP contribution < -0.4 is 14.8 Å². The number of carbonyl (C=O) groups is 1. The predicted molar refractivity (Wildman–Crippen MR) is 109 cm³/mol. The Morgan fingerprint density at radius 1 is 1.26 bits per heavy atom. The summed E-state index contributed by atoms with van der Waals surface area (Å²) in [5.74, 6) is 1.32. The van der Waals surface area contributed by atoms with E-state index in [1.54, 1.807) is 37.7 Å². The van der Waals surface area contributed by atoms with Gasteiger partial charge in [0.15, 0.2) is 0 Å². The average molecular weight is 387 g/mol. The topological polar surface area (TPSA) is 50.8 Å². The van der Waals surface area contributed by atoms with Gasteiger partial charge in [0.2, 0.25) is 5.91 Å². The molecule has 1 saturated heterocycles. The minimum Gasteiger partial charge on any atom is -0.497 e. The maximum atomic E-state index is 12.4. The van der Waals surface area contributed by atoms with Crippen molar-refractivity contribution in [2.24, 2.45) is 0 Å². The van der Waals surface area contributed by atoms with Crippen molar-refractivity contribution in [2.45, 2.75) is 18.9 Å². The van der Waals surface area contributed by atoms with E-state index in [-0.39, 0.29) is 11.9 Å². The molecule has 1 aromatic heterocycles. The molecule has 5 nitrogen and oxygen atoms in total. The second kappa shape index (κ2) is 9.58. The SMILES string of the molecule is COc1ccc(OC)c(/C=C/C(=O)NCC(c2cccs2)N2CCCC2)c1. The van der Waals surface area contributed by atoms with Crippen LogP contribution in [0.25, 0.3) is 6.08 Å². The second-order valence-corrected chi connectivity index (χ2v) is 7.44. The van der Waals surface area contributed by atoms with Crippen LogP contribution in [0, 0.1) is 0 Å². The van der Waals surface area contributed by atoms with Crippen LogP contribution in [-0.4, -0.2) is 44.7 Å². The van der Waals surface area contributed by atoms with E-state index < -0.39 is 0 Å². The fraction of sp³-hybridized carbons (Fsp3) is 0.381. The molecule has 1 unspecified atom stereocenters. The molecule has 1 aromatic carbocycles. The highest BCUT2D eigenvalue weighted by Crippen LogP contribution is 2.28. The Morgan fingerprint density at radius 3 is 2.74 bits per heavy atom. The number of nitrogens with zero attached hydrogens (tertiary/aromatic N) is 1. The summed E-state index contributed by atoms with van der Waals surface area (Å²) in [6, 6.07) is 9.98. The first kappa shape index (κ1) is 19.5. The van der Waals surface area contributed by atoms with Crippen molar-refractivity contribution in [1.82, 2.24) is 10.2 Å². The zero-order valence-corrected chi connectivity index (χ0v) is 16.6. The standard InChI is InChI=1S/C21H26N2O3S/c1-25-17-8-9-19(26-2)16(14-17)7-10-21(24)22-15-18(20-6-5-13-27-20)23-11-3-4-12-23/h5-10,13-14,18H,3-4,11-12,15H2,1-2H3,(H,22,24)/b10-7+. The number of carbonyl (C=O) groups excluding carboxylic acids is 1. The number of rotatable bonds is 8. The third kappa shape index (κ3) is 5.11. The van der Waals surface area contributed by atoms with Crippen molar-refractivity contribution in [2.75, 3.05) is 33.9 Å². The minimum absolute atomic E-state index is 0.111. The fourth-order valence-electron chi connectivity index (χ4n) is 3.34. The van der Waals surface area contributed by atoms with Crippen LogP contribution in [0.4, 0.5) is 0 Å². The van der Waals surface area contributed by atoms with Gasteiger partial charge in [-0.25, -0.2) is 0 Å². The summed E-state index contributed by atoms with van der Waals surface area (Å²) < 4.78 is 10.6. The molecule has 144 valence electrons. The van der Waals surface area contributed by atoms with Crippen LogP contribution in [0.2, 0.25) is 0 Å². The van der Waals surface area contributed by atoms with Gasteiger partial charge in [-0.3, -0.25) is 9.69 Å². The van der Waals surface area contributed by atoms with Gasteiger partial charge >= 0.3 is 0 Å². The molecule has 2 heterocycles. The molecule has 2 aromatic rings. The van der Waals surface area contributed by atoms with Crippen molar-refractivity contribution >= 4 is 23.3 Å².